The van der Waals surface area contributed by atoms with Gasteiger partial charge in [-0.25, -0.2) is 0 Å². The van der Waals surface area contributed by atoms with Crippen LogP contribution < -0.4 is 4.90 Å². The van der Waals surface area contributed by atoms with Gasteiger partial charge < -0.3 is 9.80 Å². The molecule has 6 heteroatoms. The zero-order valence-electron chi connectivity index (χ0n) is 14.2. The number of carbonyl (C=O) groups excluding carboxylic acids is 2. The molecule has 0 N–H and O–H groups in total. The summed E-state index contributed by atoms with van der Waals surface area (Å²) < 4.78 is 0. The summed E-state index contributed by atoms with van der Waals surface area (Å²) in [6, 6.07) is 9.83. The van der Waals surface area contributed by atoms with Crippen molar-refractivity contribution < 1.29 is 9.59 Å². The van der Waals surface area contributed by atoms with E-state index >= 15 is 0 Å². The number of piperidine rings is 1. The van der Waals surface area contributed by atoms with E-state index in [2.05, 4.69) is 16.3 Å². The summed E-state index contributed by atoms with van der Waals surface area (Å²) >= 11 is 0. The van der Waals surface area contributed by atoms with Crippen molar-refractivity contribution in [2.24, 2.45) is 0 Å². The van der Waals surface area contributed by atoms with Gasteiger partial charge in [-0.05, 0) is 30.5 Å². The molecule has 0 aliphatic carbocycles. The van der Waals surface area contributed by atoms with Gasteiger partial charge in [-0.3, -0.25) is 9.59 Å². The lowest BCUT2D eigenvalue weighted by molar-refractivity contribution is -0.120. The predicted octanol–water partition coefficient (Wildman–Crippen LogP) is 2.02. The van der Waals surface area contributed by atoms with E-state index in [1.165, 1.54) is 18.0 Å². The quantitative estimate of drug-likeness (QED) is 0.799. The van der Waals surface area contributed by atoms with Crippen LogP contribution in [0.3, 0.4) is 0 Å². The molecule has 0 unspecified atom stereocenters. The Morgan fingerprint density at radius 2 is 1.88 bits per heavy atom. The zero-order chi connectivity index (χ0) is 17.4. The maximum atomic E-state index is 12.6. The van der Waals surface area contributed by atoms with Gasteiger partial charge in [-0.2, -0.15) is 10.2 Å². The second-order valence-electron chi connectivity index (χ2n) is 6.85. The van der Waals surface area contributed by atoms with Crippen LogP contribution in [-0.2, 0) is 10.2 Å². The summed E-state index contributed by atoms with van der Waals surface area (Å²) in [5, 5.41) is 7.50. The van der Waals surface area contributed by atoms with Crippen LogP contribution in [0.1, 0.15) is 35.2 Å². The Bertz CT molecular complexity index is 813. The predicted molar refractivity (Wildman–Crippen MR) is 93.3 cm³/mol. The van der Waals surface area contributed by atoms with E-state index in [9.17, 15) is 9.59 Å². The van der Waals surface area contributed by atoms with Gasteiger partial charge in [0.2, 0.25) is 5.91 Å². The topological polar surface area (TPSA) is 66.4 Å². The van der Waals surface area contributed by atoms with Crippen LogP contribution in [0.5, 0.6) is 0 Å². The van der Waals surface area contributed by atoms with Gasteiger partial charge in [-0.1, -0.05) is 18.2 Å². The van der Waals surface area contributed by atoms with Crippen molar-refractivity contribution in [3.63, 3.8) is 0 Å². The third-order valence-electron chi connectivity index (χ3n) is 5.54. The number of fused-ring (bicyclic) bond motifs is 2. The Balaban J connectivity index is 1.58. The lowest BCUT2D eigenvalue weighted by Gasteiger charge is -2.46. The number of anilines is 1. The van der Waals surface area contributed by atoms with E-state index in [-0.39, 0.29) is 17.2 Å². The maximum absolute atomic E-state index is 12.6. The summed E-state index contributed by atoms with van der Waals surface area (Å²) in [6.45, 7) is 1.29. The Kier molecular flexibility index (Phi) is 3.75. The molecule has 25 heavy (non-hydrogen) atoms. The molecule has 0 radical (unpaired) electrons. The van der Waals surface area contributed by atoms with Gasteiger partial charge in [0.25, 0.3) is 5.91 Å². The first-order valence-corrected chi connectivity index (χ1v) is 8.53. The molecule has 3 heterocycles. The molecule has 128 valence electrons. The van der Waals surface area contributed by atoms with Gasteiger partial charge >= 0.3 is 0 Å². The van der Waals surface area contributed by atoms with Gasteiger partial charge in [0.1, 0.15) is 0 Å². The fourth-order valence-electron chi connectivity index (χ4n) is 4.04. The first-order chi connectivity index (χ1) is 12.1. The zero-order valence-corrected chi connectivity index (χ0v) is 14.2. The molecule has 1 aromatic carbocycles. The SMILES string of the molecule is CN1C(=O)CC2(CCN(C(=O)c3ccnnc3)CC2)c2ccccc21. The van der Waals surface area contributed by atoms with E-state index in [1.54, 1.807) is 11.0 Å². The van der Waals surface area contributed by atoms with E-state index in [0.29, 0.717) is 25.1 Å². The molecule has 0 bridgehead atoms. The van der Waals surface area contributed by atoms with Crippen LogP contribution in [0.4, 0.5) is 5.69 Å². The Hall–Kier alpha value is -2.76. The molecule has 2 aromatic rings. The van der Waals surface area contributed by atoms with Crippen molar-refractivity contribution in [2.75, 3.05) is 25.0 Å². The molecule has 0 saturated carbocycles. The van der Waals surface area contributed by atoms with Crippen molar-refractivity contribution in [2.45, 2.75) is 24.7 Å². The van der Waals surface area contributed by atoms with Crippen molar-refractivity contribution >= 4 is 17.5 Å². The molecule has 2 aliphatic rings. The third-order valence-corrected chi connectivity index (χ3v) is 5.54. The Labute approximate surface area is 146 Å². The average molecular weight is 336 g/mol. The van der Waals surface area contributed by atoms with Gasteiger partial charge in [0, 0.05) is 37.7 Å². The molecule has 2 aliphatic heterocycles. The summed E-state index contributed by atoms with van der Waals surface area (Å²) in [6.07, 6.45) is 5.15. The fraction of sp³-hybridized carbons (Fsp3) is 0.368. The first-order valence-electron chi connectivity index (χ1n) is 8.53. The largest absolute Gasteiger partial charge is 0.339 e. The number of rotatable bonds is 1. The molecular formula is C19H20N4O2. The van der Waals surface area contributed by atoms with Gasteiger partial charge in [0.15, 0.2) is 0 Å². The van der Waals surface area contributed by atoms with Crippen LogP contribution in [-0.4, -0.2) is 47.0 Å². The fourth-order valence-corrected chi connectivity index (χ4v) is 4.04. The number of nitrogens with zero attached hydrogens (tertiary/aromatic N) is 4. The van der Waals surface area contributed by atoms with Crippen LogP contribution >= 0.6 is 0 Å². The second-order valence-corrected chi connectivity index (χ2v) is 6.85. The summed E-state index contributed by atoms with van der Waals surface area (Å²) in [4.78, 5) is 28.7. The number of hydrogen-bond donors (Lipinski definition) is 0. The lowest BCUT2D eigenvalue weighted by atomic mass is 9.67. The van der Waals surface area contributed by atoms with Crippen LogP contribution in [0, 0.1) is 0 Å². The Morgan fingerprint density at radius 3 is 2.60 bits per heavy atom. The average Bonchev–Trinajstić information content (AvgIpc) is 2.67. The minimum Gasteiger partial charge on any atom is -0.339 e. The highest BCUT2D eigenvalue weighted by Crippen LogP contribution is 2.46. The van der Waals surface area contributed by atoms with Crippen LogP contribution in [0.15, 0.2) is 42.7 Å². The van der Waals surface area contributed by atoms with Crippen molar-refractivity contribution in [3.8, 4) is 0 Å². The smallest absolute Gasteiger partial charge is 0.255 e. The monoisotopic (exact) mass is 336 g/mol. The van der Waals surface area contributed by atoms with Gasteiger partial charge in [-0.15, -0.1) is 0 Å². The number of likely N-dealkylation sites (tertiary alicyclic amines) is 1. The number of para-hydroxylation sites is 1. The van der Waals surface area contributed by atoms with E-state index < -0.39 is 0 Å². The molecular weight excluding hydrogens is 316 g/mol. The van der Waals surface area contributed by atoms with Gasteiger partial charge in [0.05, 0.1) is 18.0 Å². The van der Waals surface area contributed by atoms with Crippen LogP contribution in [0.25, 0.3) is 0 Å². The molecule has 1 saturated heterocycles. The number of hydrogen-bond acceptors (Lipinski definition) is 4. The number of aromatic nitrogens is 2. The minimum absolute atomic E-state index is 0.0164. The van der Waals surface area contributed by atoms with Crippen molar-refractivity contribution in [1.82, 2.24) is 15.1 Å². The minimum atomic E-state index is -0.159. The molecule has 4 rings (SSSR count). The van der Waals surface area contributed by atoms with Crippen molar-refractivity contribution in [3.05, 3.63) is 53.9 Å². The Morgan fingerprint density at radius 1 is 1.12 bits per heavy atom. The molecule has 2 amide bonds. The molecule has 6 nitrogen and oxygen atoms in total. The molecule has 1 spiro atoms. The summed E-state index contributed by atoms with van der Waals surface area (Å²) in [7, 11) is 1.84. The number of carbonyl (C=O) groups is 2. The standard InChI is InChI=1S/C19H20N4O2/c1-22-16-5-3-2-4-15(16)19(12-17(22)24)7-10-23(11-8-19)18(25)14-6-9-20-21-13-14/h2-6,9,13H,7-8,10-12H2,1H3. The highest BCUT2D eigenvalue weighted by molar-refractivity contribution is 5.97. The second kappa shape index (κ2) is 5.95. The molecule has 1 aromatic heterocycles. The van der Waals surface area contributed by atoms with Crippen molar-refractivity contribution in [1.29, 1.82) is 0 Å². The van der Waals surface area contributed by atoms with E-state index in [1.807, 2.05) is 30.1 Å². The summed E-state index contributed by atoms with van der Waals surface area (Å²) in [5.41, 5.74) is 2.63. The van der Waals surface area contributed by atoms with E-state index in [0.717, 1.165) is 18.5 Å². The first kappa shape index (κ1) is 15.7. The maximum Gasteiger partial charge on any atom is 0.255 e. The molecule has 0 atom stereocenters. The lowest BCUT2D eigenvalue weighted by Crippen LogP contribution is -2.50. The van der Waals surface area contributed by atoms with Crippen LogP contribution in [0.2, 0.25) is 0 Å². The number of amides is 2. The summed E-state index contributed by atoms with van der Waals surface area (Å²) in [5.74, 6) is 0.133. The third kappa shape index (κ3) is 2.58. The normalized spacial score (nSPS) is 19.0. The highest BCUT2D eigenvalue weighted by Gasteiger charge is 2.44. The highest BCUT2D eigenvalue weighted by atomic mass is 16.2. The number of benzene rings is 1. The van der Waals surface area contributed by atoms with E-state index in [4.69, 9.17) is 0 Å². The molecule has 1 fully saturated rings.